The van der Waals surface area contributed by atoms with E-state index in [1.165, 1.54) is 17.3 Å². The van der Waals surface area contributed by atoms with Gasteiger partial charge >= 0.3 is 0 Å². The van der Waals surface area contributed by atoms with Crippen molar-refractivity contribution in [1.29, 1.82) is 0 Å². The second kappa shape index (κ2) is 10.6. The molecule has 3 aromatic rings. The Bertz CT molecular complexity index is 1370. The molecule has 1 fully saturated rings. The molecule has 0 radical (unpaired) electrons. The molecule has 3 aromatic carbocycles. The van der Waals surface area contributed by atoms with Gasteiger partial charge in [0.25, 0.3) is 5.91 Å². The van der Waals surface area contributed by atoms with Gasteiger partial charge in [-0.3, -0.25) is 4.79 Å². The fourth-order valence-corrected chi connectivity index (χ4v) is 4.82. The standard InChI is InChI=1S/C27H23ClN2O5S/c1-3-16-4-7-19(8-5-16)29-27-30-26(31)24(36-27)13-18-10-20(28)25(23(12-18)32-2)33-14-17-6-9-21-22(11-17)35-15-34-21/h4-13H,3,14-15H2,1-2H3,(H,29,30,31)/b24-13-. The molecule has 1 amide bonds. The number of amides is 1. The third-order valence-corrected chi connectivity index (χ3v) is 6.79. The molecular formula is C27H23ClN2O5S. The number of rotatable bonds is 7. The normalized spacial score (nSPS) is 16.5. The molecule has 0 aliphatic carbocycles. The van der Waals surface area contributed by atoms with Gasteiger partial charge in [-0.2, -0.15) is 0 Å². The Labute approximate surface area is 218 Å². The molecule has 0 saturated carbocycles. The van der Waals surface area contributed by atoms with E-state index in [1.807, 2.05) is 42.5 Å². The van der Waals surface area contributed by atoms with Gasteiger partial charge in [-0.05, 0) is 77.3 Å². The number of aryl methyl sites for hydroxylation is 1. The summed E-state index contributed by atoms with van der Waals surface area (Å²) in [6.07, 6.45) is 2.71. The minimum atomic E-state index is -0.220. The Morgan fingerprint density at radius 1 is 1.08 bits per heavy atom. The Kier molecular flexibility index (Phi) is 7.06. The zero-order chi connectivity index (χ0) is 25.1. The second-order valence-electron chi connectivity index (χ2n) is 8.01. The van der Waals surface area contributed by atoms with Gasteiger partial charge in [0.05, 0.1) is 22.7 Å². The maximum Gasteiger partial charge on any atom is 0.264 e. The van der Waals surface area contributed by atoms with E-state index in [-0.39, 0.29) is 19.3 Å². The SMILES string of the molecule is CCc1ccc(N=C2NC(=O)/C(=C/c3cc(Cl)c(OCc4ccc5c(c4)OCO5)c(OC)c3)S2)cc1. The van der Waals surface area contributed by atoms with Gasteiger partial charge in [0.1, 0.15) is 6.61 Å². The molecule has 7 nitrogen and oxygen atoms in total. The summed E-state index contributed by atoms with van der Waals surface area (Å²) >= 11 is 7.82. The number of benzene rings is 3. The van der Waals surface area contributed by atoms with Crippen LogP contribution in [0.5, 0.6) is 23.0 Å². The van der Waals surface area contributed by atoms with Crippen LogP contribution in [0.2, 0.25) is 5.02 Å². The summed E-state index contributed by atoms with van der Waals surface area (Å²) in [7, 11) is 1.54. The number of nitrogens with zero attached hydrogens (tertiary/aromatic N) is 1. The van der Waals surface area contributed by atoms with Gasteiger partial charge in [-0.25, -0.2) is 4.99 Å². The lowest BCUT2D eigenvalue weighted by Crippen LogP contribution is -2.19. The zero-order valence-corrected chi connectivity index (χ0v) is 21.2. The summed E-state index contributed by atoms with van der Waals surface area (Å²) < 4.78 is 22.3. The molecule has 0 atom stereocenters. The molecule has 0 aromatic heterocycles. The second-order valence-corrected chi connectivity index (χ2v) is 9.45. The number of methoxy groups -OCH3 is 1. The van der Waals surface area contributed by atoms with Crippen LogP contribution in [0.1, 0.15) is 23.6 Å². The molecular weight excluding hydrogens is 500 g/mol. The Morgan fingerprint density at radius 2 is 1.86 bits per heavy atom. The minimum Gasteiger partial charge on any atom is -0.493 e. The van der Waals surface area contributed by atoms with Crippen molar-refractivity contribution in [2.24, 2.45) is 4.99 Å². The highest BCUT2D eigenvalue weighted by atomic mass is 35.5. The molecule has 9 heteroatoms. The smallest absolute Gasteiger partial charge is 0.264 e. The molecule has 2 aliphatic rings. The molecule has 5 rings (SSSR count). The topological polar surface area (TPSA) is 78.4 Å². The number of ether oxygens (including phenoxy) is 4. The highest BCUT2D eigenvalue weighted by Crippen LogP contribution is 2.39. The van der Waals surface area contributed by atoms with Crippen LogP contribution in [0.25, 0.3) is 6.08 Å². The Morgan fingerprint density at radius 3 is 2.64 bits per heavy atom. The average Bonchev–Trinajstić information content (AvgIpc) is 3.49. The summed E-state index contributed by atoms with van der Waals surface area (Å²) in [6, 6.07) is 17.1. The minimum absolute atomic E-state index is 0.214. The fourth-order valence-electron chi connectivity index (χ4n) is 3.70. The van der Waals surface area contributed by atoms with Crippen molar-refractivity contribution >= 4 is 46.2 Å². The van der Waals surface area contributed by atoms with E-state index in [1.54, 1.807) is 25.3 Å². The number of halogens is 1. The molecule has 0 spiro atoms. The number of thioether (sulfide) groups is 1. The summed E-state index contributed by atoms with van der Waals surface area (Å²) in [4.78, 5) is 17.6. The number of hydrogen-bond donors (Lipinski definition) is 1. The molecule has 0 unspecified atom stereocenters. The first kappa shape index (κ1) is 24.1. The molecule has 0 bridgehead atoms. The molecule has 2 aliphatic heterocycles. The van der Waals surface area contributed by atoms with Crippen molar-refractivity contribution in [3.63, 3.8) is 0 Å². The van der Waals surface area contributed by atoms with Crippen LogP contribution < -0.4 is 24.3 Å². The number of nitrogens with one attached hydrogen (secondary N) is 1. The van der Waals surface area contributed by atoms with Crippen LogP contribution in [0, 0.1) is 0 Å². The molecule has 1 saturated heterocycles. The predicted octanol–water partition coefficient (Wildman–Crippen LogP) is 6.11. The Balaban J connectivity index is 1.31. The maximum absolute atomic E-state index is 12.5. The third-order valence-electron chi connectivity index (χ3n) is 5.60. The molecule has 184 valence electrons. The van der Waals surface area contributed by atoms with Crippen LogP contribution in [0.4, 0.5) is 5.69 Å². The lowest BCUT2D eigenvalue weighted by atomic mass is 10.1. The van der Waals surface area contributed by atoms with E-state index in [2.05, 4.69) is 17.2 Å². The number of aliphatic imine (C=N–C) groups is 1. The van der Waals surface area contributed by atoms with Crippen LogP contribution in [-0.2, 0) is 17.8 Å². The van der Waals surface area contributed by atoms with Crippen LogP contribution in [-0.4, -0.2) is 25.0 Å². The van der Waals surface area contributed by atoms with Crippen LogP contribution in [0.15, 0.2) is 64.5 Å². The van der Waals surface area contributed by atoms with Gasteiger partial charge in [-0.15, -0.1) is 0 Å². The zero-order valence-electron chi connectivity index (χ0n) is 19.7. The highest BCUT2D eigenvalue weighted by Gasteiger charge is 2.24. The van der Waals surface area contributed by atoms with Crippen molar-refractivity contribution < 1.29 is 23.7 Å². The molecule has 2 heterocycles. The summed E-state index contributed by atoms with van der Waals surface area (Å²) in [5.74, 6) is 2.05. The first-order chi connectivity index (χ1) is 17.5. The van der Waals surface area contributed by atoms with Crippen LogP contribution >= 0.6 is 23.4 Å². The highest BCUT2D eigenvalue weighted by molar-refractivity contribution is 8.18. The van der Waals surface area contributed by atoms with Crippen LogP contribution in [0.3, 0.4) is 0 Å². The Hall–Kier alpha value is -3.62. The quantitative estimate of drug-likeness (QED) is 0.377. The van der Waals surface area contributed by atoms with Crippen molar-refractivity contribution in [2.75, 3.05) is 13.9 Å². The fraction of sp³-hybridized carbons (Fsp3) is 0.185. The van der Waals surface area contributed by atoms with Crippen molar-refractivity contribution in [2.45, 2.75) is 20.0 Å². The first-order valence-electron chi connectivity index (χ1n) is 11.3. The van der Waals surface area contributed by atoms with E-state index < -0.39 is 0 Å². The monoisotopic (exact) mass is 522 g/mol. The van der Waals surface area contributed by atoms with Crippen molar-refractivity contribution in [1.82, 2.24) is 5.32 Å². The van der Waals surface area contributed by atoms with E-state index in [9.17, 15) is 4.79 Å². The largest absolute Gasteiger partial charge is 0.493 e. The molecule has 1 N–H and O–H groups in total. The maximum atomic E-state index is 12.5. The van der Waals surface area contributed by atoms with E-state index in [4.69, 9.17) is 30.5 Å². The van der Waals surface area contributed by atoms with Gasteiger partial charge in [0, 0.05) is 0 Å². The van der Waals surface area contributed by atoms with E-state index in [0.29, 0.717) is 43.7 Å². The number of carbonyl (C=O) groups excluding carboxylic acids is 1. The number of amidine groups is 1. The third kappa shape index (κ3) is 5.29. The van der Waals surface area contributed by atoms with Crippen molar-refractivity contribution in [3.05, 3.63) is 81.2 Å². The first-order valence-corrected chi connectivity index (χ1v) is 12.5. The van der Waals surface area contributed by atoms with Gasteiger partial charge < -0.3 is 24.3 Å². The number of hydrogen-bond acceptors (Lipinski definition) is 7. The average molecular weight is 523 g/mol. The number of carbonyl (C=O) groups is 1. The molecule has 36 heavy (non-hydrogen) atoms. The van der Waals surface area contributed by atoms with Crippen molar-refractivity contribution in [3.8, 4) is 23.0 Å². The summed E-state index contributed by atoms with van der Waals surface area (Å²) in [6.45, 7) is 2.58. The lowest BCUT2D eigenvalue weighted by molar-refractivity contribution is -0.115. The summed E-state index contributed by atoms with van der Waals surface area (Å²) in [5, 5.41) is 3.71. The lowest BCUT2D eigenvalue weighted by Gasteiger charge is -2.14. The van der Waals surface area contributed by atoms with E-state index in [0.717, 1.165) is 17.7 Å². The van der Waals surface area contributed by atoms with Gasteiger partial charge in [0.2, 0.25) is 6.79 Å². The summed E-state index contributed by atoms with van der Waals surface area (Å²) in [5.41, 5.74) is 3.62. The number of fused-ring (bicyclic) bond motifs is 1. The van der Waals surface area contributed by atoms with Gasteiger partial charge in [-0.1, -0.05) is 36.7 Å². The van der Waals surface area contributed by atoms with Gasteiger partial charge in [0.15, 0.2) is 28.2 Å². The predicted molar refractivity (Wildman–Crippen MR) is 142 cm³/mol. The van der Waals surface area contributed by atoms with E-state index >= 15 is 0 Å².